The summed E-state index contributed by atoms with van der Waals surface area (Å²) in [7, 11) is 0. The van der Waals surface area contributed by atoms with Gasteiger partial charge in [0.1, 0.15) is 18.2 Å². The van der Waals surface area contributed by atoms with Crippen molar-refractivity contribution in [3.63, 3.8) is 0 Å². The Labute approximate surface area is 252 Å². The van der Waals surface area contributed by atoms with Crippen LogP contribution < -0.4 is 14.8 Å². The number of amides is 1. The predicted octanol–water partition coefficient (Wildman–Crippen LogP) is 8.80. The number of fused-ring (bicyclic) bond motifs is 1. The lowest BCUT2D eigenvalue weighted by molar-refractivity contribution is -0.112. The molecule has 0 heterocycles. The highest BCUT2D eigenvalue weighted by atomic mass is 127. The normalized spacial score (nSPS) is 11.2. The van der Waals surface area contributed by atoms with Crippen molar-refractivity contribution in [2.45, 2.75) is 20.5 Å². The minimum absolute atomic E-state index is 0.0351. The summed E-state index contributed by atoms with van der Waals surface area (Å²) in [6, 6.07) is 23.8. The first kappa shape index (κ1) is 28.1. The summed E-state index contributed by atoms with van der Waals surface area (Å²) in [6.07, 6.45) is 1.55. The van der Waals surface area contributed by atoms with Crippen LogP contribution in [-0.2, 0) is 11.4 Å². The maximum atomic E-state index is 13.0. The van der Waals surface area contributed by atoms with Crippen LogP contribution in [0.2, 0.25) is 0 Å². The largest absolute Gasteiger partial charge is 0.490 e. The third-order valence-electron chi connectivity index (χ3n) is 5.68. The summed E-state index contributed by atoms with van der Waals surface area (Å²) in [4.78, 5) is 13.0. The lowest BCUT2D eigenvalue weighted by Gasteiger charge is -2.16. The maximum absolute atomic E-state index is 13.0. The van der Waals surface area contributed by atoms with Crippen LogP contribution in [-0.4, -0.2) is 12.5 Å². The molecule has 5 nitrogen and oxygen atoms in total. The average Bonchev–Trinajstić information content (AvgIpc) is 2.89. The summed E-state index contributed by atoms with van der Waals surface area (Å²) in [5.41, 5.74) is 3.28. The van der Waals surface area contributed by atoms with Gasteiger partial charge in [0.25, 0.3) is 5.91 Å². The number of carbonyl (C=O) groups is 1. The van der Waals surface area contributed by atoms with Crippen molar-refractivity contribution in [2.75, 3.05) is 11.9 Å². The number of nitrogens with zero attached hydrogens (tertiary/aromatic N) is 1. The van der Waals surface area contributed by atoms with Crippen molar-refractivity contribution in [1.29, 1.82) is 5.26 Å². The molecule has 0 unspecified atom stereocenters. The van der Waals surface area contributed by atoms with E-state index in [-0.39, 0.29) is 5.57 Å². The summed E-state index contributed by atoms with van der Waals surface area (Å²) in [6.45, 7) is 4.66. The number of halogens is 3. The minimum Gasteiger partial charge on any atom is -0.490 e. The molecule has 38 heavy (non-hydrogen) atoms. The molecule has 0 aliphatic heterocycles. The van der Waals surface area contributed by atoms with Gasteiger partial charge in [-0.25, -0.2) is 0 Å². The van der Waals surface area contributed by atoms with Gasteiger partial charge in [-0.15, -0.1) is 0 Å². The monoisotopic (exact) mass is 744 g/mol. The molecule has 0 aromatic heterocycles. The second-order valence-electron chi connectivity index (χ2n) is 8.42. The Bertz CT molecular complexity index is 1570. The molecular formula is C30H23Br2IN2O3. The van der Waals surface area contributed by atoms with Crippen molar-refractivity contribution in [3.05, 3.63) is 102 Å². The molecule has 192 valence electrons. The number of benzene rings is 4. The van der Waals surface area contributed by atoms with E-state index in [4.69, 9.17) is 9.47 Å². The van der Waals surface area contributed by atoms with Crippen LogP contribution in [0.25, 0.3) is 16.8 Å². The van der Waals surface area contributed by atoms with Gasteiger partial charge in [-0.2, -0.15) is 5.26 Å². The van der Waals surface area contributed by atoms with Gasteiger partial charge in [0.2, 0.25) is 0 Å². The molecule has 0 saturated carbocycles. The first-order valence-electron chi connectivity index (χ1n) is 11.7. The SMILES string of the molecule is CCOc1cc(/C=C(\C#N)C(=O)Nc2c(Br)cc(C)cc2Br)cc(I)c1OCc1cccc2ccccc12. The lowest BCUT2D eigenvalue weighted by Crippen LogP contribution is -2.14. The van der Waals surface area contributed by atoms with E-state index in [1.807, 2.05) is 56.3 Å². The molecule has 0 radical (unpaired) electrons. The summed E-state index contributed by atoms with van der Waals surface area (Å²) in [5, 5.41) is 14.9. The number of hydrogen-bond donors (Lipinski definition) is 1. The highest BCUT2D eigenvalue weighted by Crippen LogP contribution is 2.36. The average molecular weight is 746 g/mol. The minimum atomic E-state index is -0.512. The highest BCUT2D eigenvalue weighted by Gasteiger charge is 2.17. The number of hydrogen-bond acceptors (Lipinski definition) is 4. The molecule has 4 aromatic carbocycles. The Morgan fingerprint density at radius 3 is 2.47 bits per heavy atom. The second-order valence-corrected chi connectivity index (χ2v) is 11.3. The van der Waals surface area contributed by atoms with Gasteiger partial charge >= 0.3 is 0 Å². The third-order valence-corrected chi connectivity index (χ3v) is 7.74. The Morgan fingerprint density at radius 2 is 1.76 bits per heavy atom. The molecule has 0 aliphatic carbocycles. The first-order chi connectivity index (χ1) is 18.3. The summed E-state index contributed by atoms with van der Waals surface area (Å²) >= 11 is 9.14. The van der Waals surface area contributed by atoms with Crippen molar-refractivity contribution >= 4 is 82.9 Å². The number of nitrogens with one attached hydrogen (secondary N) is 1. The van der Waals surface area contributed by atoms with E-state index in [1.165, 1.54) is 0 Å². The number of ether oxygens (including phenoxy) is 2. The van der Waals surface area contributed by atoms with Gasteiger partial charge in [-0.05, 0) is 126 Å². The zero-order chi connectivity index (χ0) is 27.2. The van der Waals surface area contributed by atoms with Crippen molar-refractivity contribution in [1.82, 2.24) is 0 Å². The van der Waals surface area contributed by atoms with Crippen LogP contribution in [0.5, 0.6) is 11.5 Å². The first-order valence-corrected chi connectivity index (χ1v) is 14.4. The summed E-state index contributed by atoms with van der Waals surface area (Å²) < 4.78 is 14.4. The fourth-order valence-corrected chi connectivity index (χ4v) is 6.35. The number of carbonyl (C=O) groups excluding carboxylic acids is 1. The smallest absolute Gasteiger partial charge is 0.266 e. The van der Waals surface area contributed by atoms with E-state index in [1.54, 1.807) is 12.1 Å². The van der Waals surface area contributed by atoms with Crippen molar-refractivity contribution < 1.29 is 14.3 Å². The molecular weight excluding hydrogens is 723 g/mol. The van der Waals surface area contributed by atoms with Crippen LogP contribution in [0.1, 0.15) is 23.6 Å². The second kappa shape index (κ2) is 12.8. The molecule has 0 fully saturated rings. The molecule has 0 atom stereocenters. The molecule has 1 N–H and O–H groups in total. The fourth-order valence-electron chi connectivity index (χ4n) is 3.96. The van der Waals surface area contributed by atoms with E-state index < -0.39 is 5.91 Å². The van der Waals surface area contributed by atoms with E-state index >= 15 is 0 Å². The van der Waals surface area contributed by atoms with Gasteiger partial charge in [0.15, 0.2) is 11.5 Å². The van der Waals surface area contributed by atoms with E-state index in [0.29, 0.717) is 36.0 Å². The predicted molar refractivity (Wildman–Crippen MR) is 167 cm³/mol. The Morgan fingerprint density at radius 1 is 1.05 bits per heavy atom. The van der Waals surface area contributed by atoms with Crippen LogP contribution in [0.3, 0.4) is 0 Å². The van der Waals surface area contributed by atoms with E-state index in [2.05, 4.69) is 84.0 Å². The van der Waals surface area contributed by atoms with Crippen LogP contribution in [0.15, 0.2) is 81.2 Å². The molecule has 0 bridgehead atoms. The molecule has 4 rings (SSSR count). The third kappa shape index (κ3) is 6.57. The molecule has 0 saturated heterocycles. The topological polar surface area (TPSA) is 71.3 Å². The lowest BCUT2D eigenvalue weighted by atomic mass is 10.1. The van der Waals surface area contributed by atoms with Crippen LogP contribution in [0.4, 0.5) is 5.69 Å². The van der Waals surface area contributed by atoms with Gasteiger partial charge < -0.3 is 14.8 Å². The van der Waals surface area contributed by atoms with Crippen molar-refractivity contribution in [2.24, 2.45) is 0 Å². The Kier molecular flexibility index (Phi) is 9.47. The maximum Gasteiger partial charge on any atom is 0.266 e. The molecule has 4 aromatic rings. The number of aryl methyl sites for hydroxylation is 1. The number of anilines is 1. The summed E-state index contributed by atoms with van der Waals surface area (Å²) in [5.74, 6) is 0.655. The quantitative estimate of drug-likeness (QED) is 0.111. The Hall–Kier alpha value is -2.87. The zero-order valence-electron chi connectivity index (χ0n) is 20.6. The molecule has 8 heteroatoms. The van der Waals surface area contributed by atoms with Gasteiger partial charge in [0, 0.05) is 8.95 Å². The number of rotatable bonds is 8. The van der Waals surface area contributed by atoms with E-state index in [9.17, 15) is 10.1 Å². The van der Waals surface area contributed by atoms with Gasteiger partial charge in [0.05, 0.1) is 15.9 Å². The van der Waals surface area contributed by atoms with Gasteiger partial charge in [-0.3, -0.25) is 4.79 Å². The Balaban J connectivity index is 1.61. The number of nitriles is 1. The highest BCUT2D eigenvalue weighted by molar-refractivity contribution is 14.1. The zero-order valence-corrected chi connectivity index (χ0v) is 26.0. The van der Waals surface area contributed by atoms with Crippen LogP contribution in [0, 0.1) is 21.8 Å². The fraction of sp³-hybridized carbons (Fsp3) is 0.133. The van der Waals surface area contributed by atoms with E-state index in [0.717, 1.165) is 34.4 Å². The molecule has 0 spiro atoms. The van der Waals surface area contributed by atoms with Crippen LogP contribution >= 0.6 is 54.5 Å². The molecule has 1 amide bonds. The standard InChI is InChI=1S/C30H23Br2IN2O3/c1-3-37-27-15-19(13-22(16-34)30(36)35-28-24(31)11-18(2)12-25(28)32)14-26(33)29(27)38-17-21-9-6-8-20-7-4-5-10-23(20)21/h4-15H,3,17H2,1-2H3,(H,35,36)/b22-13+. The van der Waals surface area contributed by atoms with Gasteiger partial charge in [-0.1, -0.05) is 42.5 Å². The van der Waals surface area contributed by atoms with Crippen molar-refractivity contribution in [3.8, 4) is 17.6 Å². The molecule has 0 aliphatic rings.